The third kappa shape index (κ3) is 4.28. The standard InChI is InChI=1S/C23H25N5O3/c1-15-16(2)25-21(26-22(15)29)18-7-8-20(24-14-18)27-9-11-28(12-10-27)23(30)17-5-4-6-19(13-17)31-3/h4-8,13-14H,9-12H2,1-3H3,(H,25,26,29). The average molecular weight is 419 g/mol. The smallest absolute Gasteiger partial charge is 0.254 e. The SMILES string of the molecule is COc1cccc(C(=O)N2CCN(c3ccc(-c4nc(C)c(C)c(=O)[nH]4)cn3)CC2)c1. The number of pyridine rings is 1. The van der Waals surface area contributed by atoms with Crippen molar-refractivity contribution in [3.63, 3.8) is 0 Å². The van der Waals surface area contributed by atoms with Gasteiger partial charge in [0.1, 0.15) is 17.4 Å². The Kier molecular flexibility index (Phi) is 5.70. The molecule has 0 atom stereocenters. The summed E-state index contributed by atoms with van der Waals surface area (Å²) in [6.07, 6.45) is 1.72. The third-order valence-electron chi connectivity index (χ3n) is 5.62. The minimum Gasteiger partial charge on any atom is -0.497 e. The van der Waals surface area contributed by atoms with Gasteiger partial charge in [-0.15, -0.1) is 0 Å². The lowest BCUT2D eigenvalue weighted by molar-refractivity contribution is 0.0746. The van der Waals surface area contributed by atoms with Crippen LogP contribution in [-0.4, -0.2) is 59.0 Å². The molecule has 3 aromatic rings. The van der Waals surface area contributed by atoms with E-state index >= 15 is 0 Å². The molecular formula is C23H25N5O3. The van der Waals surface area contributed by atoms with Crippen LogP contribution >= 0.6 is 0 Å². The van der Waals surface area contributed by atoms with E-state index in [-0.39, 0.29) is 11.5 Å². The molecule has 2 aromatic heterocycles. The summed E-state index contributed by atoms with van der Waals surface area (Å²) < 4.78 is 5.22. The lowest BCUT2D eigenvalue weighted by Crippen LogP contribution is -2.49. The number of aromatic amines is 1. The van der Waals surface area contributed by atoms with Gasteiger partial charge >= 0.3 is 0 Å². The van der Waals surface area contributed by atoms with E-state index in [0.717, 1.165) is 11.4 Å². The van der Waals surface area contributed by atoms with Crippen LogP contribution in [0.2, 0.25) is 0 Å². The van der Waals surface area contributed by atoms with Gasteiger partial charge in [0.05, 0.1) is 7.11 Å². The van der Waals surface area contributed by atoms with E-state index in [1.54, 1.807) is 26.3 Å². The van der Waals surface area contributed by atoms with Gasteiger partial charge in [-0.2, -0.15) is 0 Å². The maximum Gasteiger partial charge on any atom is 0.254 e. The zero-order valence-electron chi connectivity index (χ0n) is 17.9. The largest absolute Gasteiger partial charge is 0.497 e. The maximum atomic E-state index is 12.8. The molecule has 0 aliphatic carbocycles. The van der Waals surface area contributed by atoms with E-state index in [4.69, 9.17) is 4.74 Å². The van der Waals surface area contributed by atoms with E-state index < -0.39 is 0 Å². The Bertz CT molecular complexity index is 1150. The molecule has 0 spiro atoms. The fourth-order valence-corrected chi connectivity index (χ4v) is 3.57. The second-order valence-electron chi connectivity index (χ2n) is 7.54. The first-order valence-electron chi connectivity index (χ1n) is 10.2. The van der Waals surface area contributed by atoms with Crippen molar-refractivity contribution in [3.05, 3.63) is 69.8 Å². The summed E-state index contributed by atoms with van der Waals surface area (Å²) in [6.45, 7) is 6.20. The fraction of sp³-hybridized carbons (Fsp3) is 0.304. The van der Waals surface area contributed by atoms with Crippen molar-refractivity contribution in [1.82, 2.24) is 19.9 Å². The van der Waals surface area contributed by atoms with Crippen LogP contribution < -0.4 is 15.2 Å². The highest BCUT2D eigenvalue weighted by molar-refractivity contribution is 5.94. The molecule has 4 rings (SSSR count). The number of amides is 1. The van der Waals surface area contributed by atoms with Crippen LogP contribution in [0.1, 0.15) is 21.6 Å². The molecule has 1 saturated heterocycles. The van der Waals surface area contributed by atoms with Gasteiger partial charge in [0.2, 0.25) is 0 Å². The molecule has 1 aliphatic rings. The van der Waals surface area contributed by atoms with Gasteiger partial charge in [-0.05, 0) is 44.2 Å². The first-order chi connectivity index (χ1) is 15.0. The predicted octanol–water partition coefficient (Wildman–Crippen LogP) is 2.42. The number of nitrogens with zero attached hydrogens (tertiary/aromatic N) is 4. The number of anilines is 1. The number of piperazine rings is 1. The highest BCUT2D eigenvalue weighted by Gasteiger charge is 2.23. The molecule has 1 aromatic carbocycles. The lowest BCUT2D eigenvalue weighted by atomic mass is 10.1. The number of hydrogen-bond acceptors (Lipinski definition) is 6. The molecule has 8 heteroatoms. The quantitative estimate of drug-likeness (QED) is 0.698. The van der Waals surface area contributed by atoms with Crippen molar-refractivity contribution in [2.24, 2.45) is 0 Å². The van der Waals surface area contributed by atoms with Crippen LogP contribution in [0.15, 0.2) is 47.4 Å². The van der Waals surface area contributed by atoms with Crippen molar-refractivity contribution < 1.29 is 9.53 Å². The van der Waals surface area contributed by atoms with Crippen molar-refractivity contribution >= 4 is 11.7 Å². The molecule has 0 unspecified atom stereocenters. The second kappa shape index (κ2) is 8.59. The molecular weight excluding hydrogens is 394 g/mol. The number of rotatable bonds is 4. The number of nitrogens with one attached hydrogen (secondary N) is 1. The first kappa shape index (κ1) is 20.6. The van der Waals surface area contributed by atoms with Gasteiger partial charge in [0.15, 0.2) is 0 Å². The minimum atomic E-state index is -0.136. The number of methoxy groups -OCH3 is 1. The number of carbonyl (C=O) groups excluding carboxylic acids is 1. The van der Waals surface area contributed by atoms with E-state index in [2.05, 4.69) is 19.9 Å². The van der Waals surface area contributed by atoms with E-state index in [0.29, 0.717) is 54.6 Å². The predicted molar refractivity (Wildman–Crippen MR) is 119 cm³/mol. The van der Waals surface area contributed by atoms with Gasteiger partial charge in [0, 0.05) is 54.8 Å². The van der Waals surface area contributed by atoms with E-state index in [9.17, 15) is 9.59 Å². The van der Waals surface area contributed by atoms with Crippen LogP contribution in [0.4, 0.5) is 5.82 Å². The molecule has 160 valence electrons. The van der Waals surface area contributed by atoms with Gasteiger partial charge in [-0.25, -0.2) is 9.97 Å². The molecule has 1 N–H and O–H groups in total. The Morgan fingerprint density at radius 1 is 1.10 bits per heavy atom. The Morgan fingerprint density at radius 2 is 1.87 bits per heavy atom. The fourth-order valence-electron chi connectivity index (χ4n) is 3.57. The molecule has 31 heavy (non-hydrogen) atoms. The summed E-state index contributed by atoms with van der Waals surface area (Å²) >= 11 is 0. The molecule has 3 heterocycles. The number of aryl methyl sites for hydroxylation is 1. The van der Waals surface area contributed by atoms with Gasteiger partial charge in [-0.3, -0.25) is 9.59 Å². The molecule has 0 saturated carbocycles. The Balaban J connectivity index is 1.42. The van der Waals surface area contributed by atoms with Crippen LogP contribution in [0, 0.1) is 13.8 Å². The summed E-state index contributed by atoms with van der Waals surface area (Å²) in [5.41, 5.74) is 2.58. The van der Waals surface area contributed by atoms with Crippen LogP contribution in [-0.2, 0) is 0 Å². The molecule has 1 amide bonds. The second-order valence-corrected chi connectivity index (χ2v) is 7.54. The van der Waals surface area contributed by atoms with Crippen LogP contribution in [0.3, 0.4) is 0 Å². The minimum absolute atomic E-state index is 0.00614. The molecule has 1 aliphatic heterocycles. The first-order valence-corrected chi connectivity index (χ1v) is 10.2. The number of H-pyrrole nitrogens is 1. The highest BCUT2D eigenvalue weighted by Crippen LogP contribution is 2.20. The summed E-state index contributed by atoms with van der Waals surface area (Å²) in [5.74, 6) is 2.03. The van der Waals surface area contributed by atoms with Gasteiger partial charge in [0.25, 0.3) is 11.5 Å². The monoisotopic (exact) mass is 419 g/mol. The number of benzene rings is 1. The molecule has 0 radical (unpaired) electrons. The van der Waals surface area contributed by atoms with Crippen LogP contribution in [0.25, 0.3) is 11.4 Å². The number of aromatic nitrogens is 3. The summed E-state index contributed by atoms with van der Waals surface area (Å²) in [6, 6.07) is 11.1. The average Bonchev–Trinajstić information content (AvgIpc) is 2.82. The summed E-state index contributed by atoms with van der Waals surface area (Å²) in [4.78, 5) is 40.6. The highest BCUT2D eigenvalue weighted by atomic mass is 16.5. The Hall–Kier alpha value is -3.68. The maximum absolute atomic E-state index is 12.8. The zero-order chi connectivity index (χ0) is 22.0. The number of hydrogen-bond donors (Lipinski definition) is 1. The zero-order valence-corrected chi connectivity index (χ0v) is 17.9. The van der Waals surface area contributed by atoms with Crippen molar-refractivity contribution in [2.45, 2.75) is 13.8 Å². The van der Waals surface area contributed by atoms with Crippen molar-refractivity contribution in [2.75, 3.05) is 38.2 Å². The summed E-state index contributed by atoms with van der Waals surface area (Å²) in [7, 11) is 1.59. The Labute approximate surface area is 180 Å². The van der Waals surface area contributed by atoms with E-state index in [1.807, 2.05) is 42.2 Å². The summed E-state index contributed by atoms with van der Waals surface area (Å²) in [5, 5.41) is 0. The van der Waals surface area contributed by atoms with Gasteiger partial charge < -0.3 is 19.5 Å². The van der Waals surface area contributed by atoms with Crippen LogP contribution in [0.5, 0.6) is 5.75 Å². The molecule has 1 fully saturated rings. The van der Waals surface area contributed by atoms with Gasteiger partial charge in [-0.1, -0.05) is 6.07 Å². The normalized spacial score (nSPS) is 13.9. The topological polar surface area (TPSA) is 91.4 Å². The molecule has 0 bridgehead atoms. The number of ether oxygens (including phenoxy) is 1. The molecule has 8 nitrogen and oxygen atoms in total. The van der Waals surface area contributed by atoms with E-state index in [1.165, 1.54) is 0 Å². The van der Waals surface area contributed by atoms with Crippen molar-refractivity contribution in [3.8, 4) is 17.1 Å². The lowest BCUT2D eigenvalue weighted by Gasteiger charge is -2.35. The Morgan fingerprint density at radius 3 is 2.52 bits per heavy atom. The number of carbonyl (C=O) groups is 1. The third-order valence-corrected chi connectivity index (χ3v) is 5.62. The van der Waals surface area contributed by atoms with Crippen molar-refractivity contribution in [1.29, 1.82) is 0 Å².